The molecule has 0 N–H and O–H groups in total. The molecule has 0 radical (unpaired) electrons. The van der Waals surface area contributed by atoms with Gasteiger partial charge < -0.3 is 0 Å². The lowest BCUT2D eigenvalue weighted by molar-refractivity contribution is -0.143. The number of para-hydroxylation sites is 2. The summed E-state index contributed by atoms with van der Waals surface area (Å²) in [6.45, 7) is -0.639. The summed E-state index contributed by atoms with van der Waals surface area (Å²) in [5, 5.41) is -0.183. The number of imide groups is 2. The molecule has 10 heteroatoms. The van der Waals surface area contributed by atoms with Crippen LogP contribution in [0.25, 0.3) is 0 Å². The third-order valence-electron chi connectivity index (χ3n) is 4.42. The van der Waals surface area contributed by atoms with Crippen LogP contribution in [-0.2, 0) is 19.2 Å². The Morgan fingerprint density at radius 2 is 1.03 bits per heavy atom. The number of anilines is 2. The molecule has 4 rings (SSSR count). The lowest BCUT2D eigenvalue weighted by Crippen LogP contribution is -2.45. The van der Waals surface area contributed by atoms with Crippen LogP contribution in [0.3, 0.4) is 0 Å². The number of hydrogen-bond donors (Lipinski definition) is 0. The zero-order valence-electron chi connectivity index (χ0n) is 14.7. The number of amides is 6. The van der Waals surface area contributed by atoms with Gasteiger partial charge in [-0.05, 0) is 36.5 Å². The molecule has 0 bridgehead atoms. The van der Waals surface area contributed by atoms with Crippen LogP contribution in [0.15, 0.2) is 60.7 Å². The van der Waals surface area contributed by atoms with Crippen molar-refractivity contribution in [3.8, 4) is 0 Å². The third-order valence-corrected chi connectivity index (χ3v) is 4.82. The molecule has 0 aliphatic carbocycles. The van der Waals surface area contributed by atoms with Crippen molar-refractivity contribution in [2.24, 2.45) is 0 Å². The van der Waals surface area contributed by atoms with Gasteiger partial charge >= 0.3 is 29.7 Å². The predicted octanol–water partition coefficient (Wildman–Crippen LogP) is 1.10. The highest BCUT2D eigenvalue weighted by Gasteiger charge is 2.50. The van der Waals surface area contributed by atoms with Gasteiger partial charge in [0.25, 0.3) is 0 Å². The first-order valence-electron chi connectivity index (χ1n) is 8.41. The third kappa shape index (κ3) is 2.86. The average Bonchev–Trinajstić information content (AvgIpc) is 3.08. The van der Waals surface area contributed by atoms with Gasteiger partial charge in [-0.15, -0.1) is 0 Å². The van der Waals surface area contributed by atoms with Crippen molar-refractivity contribution in [1.82, 2.24) is 9.80 Å². The van der Waals surface area contributed by atoms with E-state index in [-0.39, 0.29) is 10.8 Å². The Bertz CT molecular complexity index is 987. The zero-order valence-corrected chi connectivity index (χ0v) is 15.5. The number of carbonyl (C=O) groups excluding carboxylic acids is 5. The van der Waals surface area contributed by atoms with Crippen LogP contribution in [0.1, 0.15) is 0 Å². The van der Waals surface area contributed by atoms with Gasteiger partial charge in [-0.1, -0.05) is 36.4 Å². The number of hydrogen-bond acceptors (Lipinski definition) is 6. The van der Waals surface area contributed by atoms with E-state index in [0.717, 1.165) is 9.80 Å². The maximum atomic E-state index is 12.7. The zero-order chi connectivity index (χ0) is 20.7. The fourth-order valence-electron chi connectivity index (χ4n) is 3.01. The summed E-state index contributed by atoms with van der Waals surface area (Å²) in [6.07, 6.45) is 0. The number of urea groups is 1. The monoisotopic (exact) mass is 408 g/mol. The lowest BCUT2D eigenvalue weighted by atomic mass is 10.3. The van der Waals surface area contributed by atoms with E-state index in [9.17, 15) is 24.0 Å². The van der Waals surface area contributed by atoms with E-state index < -0.39 is 36.3 Å². The van der Waals surface area contributed by atoms with Crippen molar-refractivity contribution in [2.45, 2.75) is 0 Å². The van der Waals surface area contributed by atoms with Crippen LogP contribution in [0.2, 0.25) is 0 Å². The summed E-state index contributed by atoms with van der Waals surface area (Å²) < 4.78 is 0. The minimum atomic E-state index is -1.11. The minimum Gasteiger partial charge on any atom is -0.263 e. The van der Waals surface area contributed by atoms with Crippen LogP contribution < -0.4 is 9.80 Å². The van der Waals surface area contributed by atoms with Gasteiger partial charge in [-0.3, -0.25) is 24.1 Å². The molecule has 144 valence electrons. The standard InChI is InChI=1S/C19H12N4O5S/c24-14-16(26)22(12-7-3-1-4-8-12)18(28)20(14)11-21-15(25)17(27)23(19(21)29)13-9-5-2-6-10-13/h1-10H,11H2. The first kappa shape index (κ1) is 18.4. The first-order chi connectivity index (χ1) is 13.9. The number of benzene rings is 2. The van der Waals surface area contributed by atoms with Crippen LogP contribution >= 0.6 is 12.2 Å². The number of carbonyl (C=O) groups is 5. The molecule has 0 unspecified atom stereocenters. The molecule has 2 aliphatic heterocycles. The Balaban J connectivity index is 1.61. The fraction of sp³-hybridized carbons (Fsp3) is 0.0526. The Morgan fingerprint density at radius 1 is 0.586 bits per heavy atom. The molecule has 9 nitrogen and oxygen atoms in total. The van der Waals surface area contributed by atoms with Crippen molar-refractivity contribution >= 4 is 58.4 Å². The number of thiocarbonyl (C=S) groups is 1. The second-order valence-corrected chi connectivity index (χ2v) is 6.49. The van der Waals surface area contributed by atoms with Gasteiger partial charge in [0.15, 0.2) is 5.11 Å². The van der Waals surface area contributed by atoms with E-state index in [4.69, 9.17) is 12.2 Å². The van der Waals surface area contributed by atoms with Crippen LogP contribution in [0.5, 0.6) is 0 Å². The van der Waals surface area contributed by atoms with Crippen molar-refractivity contribution in [3.63, 3.8) is 0 Å². The van der Waals surface area contributed by atoms with Gasteiger partial charge in [-0.2, -0.15) is 0 Å². The summed E-state index contributed by atoms with van der Waals surface area (Å²) >= 11 is 5.22. The normalized spacial score (nSPS) is 17.2. The average molecular weight is 408 g/mol. The number of rotatable bonds is 4. The Kier molecular flexibility index (Phi) is 4.40. The quantitative estimate of drug-likeness (QED) is 0.427. The molecule has 2 saturated heterocycles. The Morgan fingerprint density at radius 3 is 1.59 bits per heavy atom. The molecule has 2 fully saturated rings. The highest BCUT2D eigenvalue weighted by molar-refractivity contribution is 7.80. The topological polar surface area (TPSA) is 98.3 Å². The molecule has 2 heterocycles. The molecule has 2 aliphatic rings. The van der Waals surface area contributed by atoms with Crippen LogP contribution in [-0.4, -0.2) is 51.2 Å². The number of nitrogens with zero attached hydrogens (tertiary/aromatic N) is 4. The van der Waals surface area contributed by atoms with Gasteiger partial charge in [0.1, 0.15) is 6.67 Å². The summed E-state index contributed by atoms with van der Waals surface area (Å²) in [6, 6.07) is 15.2. The highest BCUT2D eigenvalue weighted by atomic mass is 32.1. The van der Waals surface area contributed by atoms with Crippen molar-refractivity contribution in [2.75, 3.05) is 16.5 Å². The summed E-state index contributed by atoms with van der Waals surface area (Å²) in [5.41, 5.74) is 0.593. The molecule has 0 aromatic heterocycles. The van der Waals surface area contributed by atoms with Gasteiger partial charge in [0.2, 0.25) is 0 Å². The lowest BCUT2D eigenvalue weighted by Gasteiger charge is -2.22. The minimum absolute atomic E-state index is 0.183. The van der Waals surface area contributed by atoms with Crippen LogP contribution in [0, 0.1) is 0 Å². The maximum absolute atomic E-state index is 12.7. The van der Waals surface area contributed by atoms with Crippen molar-refractivity contribution in [3.05, 3.63) is 60.7 Å². The molecular weight excluding hydrogens is 396 g/mol. The van der Waals surface area contributed by atoms with Crippen LogP contribution in [0.4, 0.5) is 16.2 Å². The molecular formula is C19H12N4O5S. The second kappa shape index (κ2) is 6.91. The predicted molar refractivity (Wildman–Crippen MR) is 104 cm³/mol. The summed E-state index contributed by atoms with van der Waals surface area (Å²) in [5.74, 6) is -4.07. The second-order valence-electron chi connectivity index (χ2n) is 6.13. The summed E-state index contributed by atoms with van der Waals surface area (Å²) in [7, 11) is 0. The maximum Gasteiger partial charge on any atom is 0.340 e. The molecule has 6 amide bonds. The van der Waals surface area contributed by atoms with E-state index in [0.29, 0.717) is 15.5 Å². The van der Waals surface area contributed by atoms with E-state index in [1.807, 2.05) is 0 Å². The molecule has 2 aromatic rings. The highest BCUT2D eigenvalue weighted by Crippen LogP contribution is 2.25. The molecule has 0 spiro atoms. The van der Waals surface area contributed by atoms with E-state index in [1.165, 1.54) is 12.1 Å². The van der Waals surface area contributed by atoms with Gasteiger partial charge in [0.05, 0.1) is 11.4 Å². The van der Waals surface area contributed by atoms with E-state index in [2.05, 4.69) is 0 Å². The molecule has 0 saturated carbocycles. The molecule has 29 heavy (non-hydrogen) atoms. The summed E-state index contributed by atoms with van der Waals surface area (Å²) in [4.78, 5) is 65.3. The van der Waals surface area contributed by atoms with Gasteiger partial charge in [-0.25, -0.2) is 19.5 Å². The van der Waals surface area contributed by atoms with Crippen molar-refractivity contribution in [1.29, 1.82) is 0 Å². The SMILES string of the molecule is O=C1C(=O)N(c2ccccc2)C(=O)N1CN1C(=O)C(=O)N(c2ccccc2)C1=S. The Hall–Kier alpha value is -3.92. The van der Waals surface area contributed by atoms with Crippen molar-refractivity contribution < 1.29 is 24.0 Å². The van der Waals surface area contributed by atoms with E-state index >= 15 is 0 Å². The Labute approximate surface area is 169 Å². The molecule has 0 atom stereocenters. The fourth-order valence-corrected chi connectivity index (χ4v) is 3.34. The molecule has 2 aromatic carbocycles. The van der Waals surface area contributed by atoms with Gasteiger partial charge in [0, 0.05) is 0 Å². The smallest absolute Gasteiger partial charge is 0.263 e. The largest absolute Gasteiger partial charge is 0.340 e. The first-order valence-corrected chi connectivity index (χ1v) is 8.82. The van der Waals surface area contributed by atoms with E-state index in [1.54, 1.807) is 48.5 Å².